The lowest BCUT2D eigenvalue weighted by Crippen LogP contribution is -2.39. The van der Waals surface area contributed by atoms with E-state index in [0.717, 1.165) is 70.2 Å². The molecule has 120 valence electrons. The van der Waals surface area contributed by atoms with Crippen molar-refractivity contribution in [3.8, 4) is 0 Å². The van der Waals surface area contributed by atoms with E-state index in [-0.39, 0.29) is 5.91 Å². The molecule has 22 heavy (non-hydrogen) atoms. The number of carbonyl (C=O) groups excluding carboxylic acids is 1. The molecule has 0 aromatic carbocycles. The summed E-state index contributed by atoms with van der Waals surface area (Å²) in [5.74, 6) is 1.61. The van der Waals surface area contributed by atoms with Crippen LogP contribution in [0.15, 0.2) is 12.4 Å². The average molecular weight is 304 g/mol. The van der Waals surface area contributed by atoms with Crippen LogP contribution in [-0.2, 0) is 16.0 Å². The summed E-state index contributed by atoms with van der Waals surface area (Å²) in [5, 5.41) is 0. The van der Waals surface area contributed by atoms with Gasteiger partial charge in [-0.1, -0.05) is 0 Å². The summed E-state index contributed by atoms with van der Waals surface area (Å²) in [4.78, 5) is 24.8. The maximum absolute atomic E-state index is 11.5. The van der Waals surface area contributed by atoms with Gasteiger partial charge in [-0.05, 0) is 25.2 Å². The van der Waals surface area contributed by atoms with Crippen LogP contribution in [0, 0.1) is 5.92 Å². The Morgan fingerprint density at radius 1 is 1.27 bits per heavy atom. The van der Waals surface area contributed by atoms with E-state index in [9.17, 15) is 4.79 Å². The molecule has 2 saturated heterocycles. The van der Waals surface area contributed by atoms with Crippen LogP contribution in [-0.4, -0.2) is 60.2 Å². The van der Waals surface area contributed by atoms with Gasteiger partial charge in [0.05, 0.1) is 31.3 Å². The van der Waals surface area contributed by atoms with Gasteiger partial charge in [-0.2, -0.15) is 0 Å². The molecule has 6 heteroatoms. The van der Waals surface area contributed by atoms with Crippen LogP contribution in [0.3, 0.4) is 0 Å². The zero-order chi connectivity index (χ0) is 15.4. The molecule has 0 saturated carbocycles. The Labute approximate surface area is 131 Å². The summed E-state index contributed by atoms with van der Waals surface area (Å²) in [5.41, 5.74) is 1.02. The molecule has 2 fully saturated rings. The van der Waals surface area contributed by atoms with Crippen LogP contribution in [0.1, 0.15) is 25.5 Å². The monoisotopic (exact) mass is 304 g/mol. The number of amides is 1. The van der Waals surface area contributed by atoms with Crippen LogP contribution >= 0.6 is 0 Å². The fourth-order valence-electron chi connectivity index (χ4n) is 3.22. The fourth-order valence-corrected chi connectivity index (χ4v) is 3.22. The number of nitrogens with zero attached hydrogens (tertiary/aromatic N) is 4. The number of morpholine rings is 1. The normalized spacial score (nSPS) is 22.7. The maximum atomic E-state index is 11.5. The van der Waals surface area contributed by atoms with Gasteiger partial charge in [0.15, 0.2) is 0 Å². The molecule has 3 heterocycles. The summed E-state index contributed by atoms with van der Waals surface area (Å²) in [7, 11) is 0. The van der Waals surface area contributed by atoms with E-state index in [1.807, 2.05) is 17.3 Å². The fraction of sp³-hybridized carbons (Fsp3) is 0.688. The standard InChI is InChI=1S/C16H24N4O2/c1-13(21)20-4-2-3-14(12-20)9-15-10-18-16(11-17-15)19-5-7-22-8-6-19/h10-11,14H,2-9,12H2,1H3. The number of aromatic nitrogens is 2. The van der Waals surface area contributed by atoms with Crippen molar-refractivity contribution in [2.75, 3.05) is 44.3 Å². The number of anilines is 1. The van der Waals surface area contributed by atoms with E-state index in [1.165, 1.54) is 0 Å². The van der Waals surface area contributed by atoms with Gasteiger partial charge in [0.1, 0.15) is 5.82 Å². The Balaban J connectivity index is 1.57. The van der Waals surface area contributed by atoms with Gasteiger partial charge in [0, 0.05) is 33.1 Å². The summed E-state index contributed by atoms with van der Waals surface area (Å²) in [6, 6.07) is 0. The summed E-state index contributed by atoms with van der Waals surface area (Å²) >= 11 is 0. The summed E-state index contributed by atoms with van der Waals surface area (Å²) in [6.07, 6.45) is 6.91. The van der Waals surface area contributed by atoms with Crippen LogP contribution < -0.4 is 4.90 Å². The molecular formula is C16H24N4O2. The predicted molar refractivity (Wildman–Crippen MR) is 83.7 cm³/mol. The van der Waals surface area contributed by atoms with Crippen molar-refractivity contribution < 1.29 is 9.53 Å². The molecule has 1 atom stereocenters. The van der Waals surface area contributed by atoms with Crippen molar-refractivity contribution >= 4 is 11.7 Å². The van der Waals surface area contributed by atoms with Gasteiger partial charge < -0.3 is 14.5 Å². The minimum absolute atomic E-state index is 0.179. The van der Waals surface area contributed by atoms with Gasteiger partial charge in [0.25, 0.3) is 0 Å². The SMILES string of the molecule is CC(=O)N1CCCC(Cc2cnc(N3CCOCC3)cn2)C1. The minimum atomic E-state index is 0.179. The molecule has 1 amide bonds. The first-order chi connectivity index (χ1) is 10.7. The first kappa shape index (κ1) is 15.2. The highest BCUT2D eigenvalue weighted by Gasteiger charge is 2.22. The Morgan fingerprint density at radius 3 is 2.77 bits per heavy atom. The van der Waals surface area contributed by atoms with E-state index < -0.39 is 0 Å². The number of hydrogen-bond donors (Lipinski definition) is 0. The number of likely N-dealkylation sites (tertiary alicyclic amines) is 1. The molecule has 0 bridgehead atoms. The summed E-state index contributed by atoms with van der Waals surface area (Å²) in [6.45, 7) is 6.67. The third-order valence-electron chi connectivity index (χ3n) is 4.49. The van der Waals surface area contributed by atoms with E-state index in [0.29, 0.717) is 5.92 Å². The highest BCUT2D eigenvalue weighted by atomic mass is 16.5. The van der Waals surface area contributed by atoms with E-state index >= 15 is 0 Å². The zero-order valence-electron chi connectivity index (χ0n) is 13.2. The molecule has 0 aliphatic carbocycles. The van der Waals surface area contributed by atoms with Gasteiger partial charge in [-0.25, -0.2) is 4.98 Å². The number of rotatable bonds is 3. The zero-order valence-corrected chi connectivity index (χ0v) is 13.2. The molecule has 0 N–H and O–H groups in total. The average Bonchev–Trinajstić information content (AvgIpc) is 2.56. The highest BCUT2D eigenvalue weighted by Crippen LogP contribution is 2.20. The third kappa shape index (κ3) is 3.74. The van der Waals surface area contributed by atoms with Crippen molar-refractivity contribution in [1.29, 1.82) is 0 Å². The van der Waals surface area contributed by atoms with Crippen molar-refractivity contribution in [3.63, 3.8) is 0 Å². The Morgan fingerprint density at radius 2 is 2.09 bits per heavy atom. The van der Waals surface area contributed by atoms with Crippen LogP contribution in [0.2, 0.25) is 0 Å². The molecule has 0 radical (unpaired) electrons. The molecule has 0 spiro atoms. The van der Waals surface area contributed by atoms with Crippen molar-refractivity contribution in [2.45, 2.75) is 26.2 Å². The molecule has 6 nitrogen and oxygen atoms in total. The largest absolute Gasteiger partial charge is 0.378 e. The molecule has 1 aromatic rings. The summed E-state index contributed by atoms with van der Waals surface area (Å²) < 4.78 is 5.35. The smallest absolute Gasteiger partial charge is 0.219 e. The molecule has 2 aliphatic heterocycles. The topological polar surface area (TPSA) is 58.6 Å². The first-order valence-corrected chi connectivity index (χ1v) is 8.11. The number of carbonyl (C=O) groups is 1. The van der Waals surface area contributed by atoms with E-state index in [4.69, 9.17) is 4.74 Å². The number of ether oxygens (including phenoxy) is 1. The number of piperidine rings is 1. The minimum Gasteiger partial charge on any atom is -0.378 e. The van der Waals surface area contributed by atoms with Crippen LogP contribution in [0.5, 0.6) is 0 Å². The Hall–Kier alpha value is -1.69. The van der Waals surface area contributed by atoms with E-state index in [2.05, 4.69) is 14.9 Å². The second kappa shape index (κ2) is 7.05. The third-order valence-corrected chi connectivity index (χ3v) is 4.49. The van der Waals surface area contributed by atoms with Gasteiger partial charge in [-0.15, -0.1) is 0 Å². The Kier molecular flexibility index (Phi) is 4.87. The Bertz CT molecular complexity index is 499. The quantitative estimate of drug-likeness (QED) is 0.837. The lowest BCUT2D eigenvalue weighted by atomic mass is 9.93. The predicted octanol–water partition coefficient (Wildman–Crippen LogP) is 1.11. The maximum Gasteiger partial charge on any atom is 0.219 e. The van der Waals surface area contributed by atoms with Crippen molar-refractivity contribution in [1.82, 2.24) is 14.9 Å². The van der Waals surface area contributed by atoms with Crippen LogP contribution in [0.4, 0.5) is 5.82 Å². The molecular weight excluding hydrogens is 280 g/mol. The lowest BCUT2D eigenvalue weighted by molar-refractivity contribution is -0.130. The second-order valence-electron chi connectivity index (χ2n) is 6.14. The van der Waals surface area contributed by atoms with Crippen molar-refractivity contribution in [2.24, 2.45) is 5.92 Å². The van der Waals surface area contributed by atoms with Crippen LogP contribution in [0.25, 0.3) is 0 Å². The van der Waals surface area contributed by atoms with Gasteiger partial charge >= 0.3 is 0 Å². The molecule has 2 aliphatic rings. The molecule has 1 unspecified atom stereocenters. The van der Waals surface area contributed by atoms with Crippen molar-refractivity contribution in [3.05, 3.63) is 18.1 Å². The lowest BCUT2D eigenvalue weighted by Gasteiger charge is -2.32. The highest BCUT2D eigenvalue weighted by molar-refractivity contribution is 5.73. The number of hydrogen-bond acceptors (Lipinski definition) is 5. The molecule has 3 rings (SSSR count). The second-order valence-corrected chi connectivity index (χ2v) is 6.14. The van der Waals surface area contributed by atoms with Gasteiger partial charge in [-0.3, -0.25) is 9.78 Å². The first-order valence-electron chi connectivity index (χ1n) is 8.11. The molecule has 1 aromatic heterocycles. The van der Waals surface area contributed by atoms with E-state index in [1.54, 1.807) is 6.92 Å². The van der Waals surface area contributed by atoms with Gasteiger partial charge in [0.2, 0.25) is 5.91 Å².